The largest absolute Gasteiger partial charge is 0.457 e. The van der Waals surface area contributed by atoms with E-state index in [4.69, 9.17) is 16.3 Å². The Labute approximate surface area is 165 Å². The number of halogens is 2. The first-order valence-corrected chi connectivity index (χ1v) is 9.27. The number of para-hydroxylation sites is 1. The Bertz CT molecular complexity index is 897. The quantitative estimate of drug-likeness (QED) is 0.430. The highest BCUT2D eigenvalue weighted by Gasteiger charge is 2.25. The highest BCUT2D eigenvalue weighted by atomic mass is 35.5. The summed E-state index contributed by atoms with van der Waals surface area (Å²) in [7, 11) is 0. The van der Waals surface area contributed by atoms with Gasteiger partial charge in [-0.1, -0.05) is 54.1 Å². The van der Waals surface area contributed by atoms with Gasteiger partial charge in [0.1, 0.15) is 17.3 Å². The topological polar surface area (TPSA) is 9.23 Å². The average Bonchev–Trinajstić information content (AvgIpc) is 2.68. The highest BCUT2D eigenvalue weighted by molar-refractivity contribution is 6.30. The van der Waals surface area contributed by atoms with Crippen molar-refractivity contribution in [3.8, 4) is 11.5 Å². The lowest BCUT2D eigenvalue weighted by molar-refractivity contribution is 0.455. The summed E-state index contributed by atoms with van der Waals surface area (Å²) in [5, 5.41) is 0.650. The molecule has 0 aliphatic rings. The van der Waals surface area contributed by atoms with E-state index in [1.807, 2.05) is 80.6 Å². The summed E-state index contributed by atoms with van der Waals surface area (Å²) in [6, 6.07) is 24.6. The van der Waals surface area contributed by atoms with E-state index in [1.165, 1.54) is 0 Å². The van der Waals surface area contributed by atoms with Crippen molar-refractivity contribution in [2.45, 2.75) is 25.7 Å². The standard InChI is InChI=1S/C24H22ClFO/c1-24(2,19-11-13-20(25)14-12-19)23(26)17-10-18-8-15-22(16-9-18)27-21-6-4-3-5-7-21/h3-9,11-17H,10H2,1-2H3. The fraction of sp³-hybridized carbons (Fsp3) is 0.167. The maximum Gasteiger partial charge on any atom is 0.127 e. The fourth-order valence-corrected chi connectivity index (χ4v) is 2.91. The lowest BCUT2D eigenvalue weighted by Crippen LogP contribution is -2.18. The van der Waals surface area contributed by atoms with Crippen molar-refractivity contribution in [3.05, 3.63) is 107 Å². The van der Waals surface area contributed by atoms with Gasteiger partial charge < -0.3 is 4.74 Å². The van der Waals surface area contributed by atoms with Crippen LogP contribution in [-0.4, -0.2) is 0 Å². The number of hydrogen-bond donors (Lipinski definition) is 0. The molecule has 0 aliphatic carbocycles. The summed E-state index contributed by atoms with van der Waals surface area (Å²) < 4.78 is 20.6. The molecule has 27 heavy (non-hydrogen) atoms. The van der Waals surface area contributed by atoms with Crippen LogP contribution in [0.2, 0.25) is 5.02 Å². The van der Waals surface area contributed by atoms with Crippen LogP contribution in [0, 0.1) is 0 Å². The summed E-state index contributed by atoms with van der Waals surface area (Å²) in [4.78, 5) is 0. The third-order valence-corrected chi connectivity index (χ3v) is 4.83. The highest BCUT2D eigenvalue weighted by Crippen LogP contribution is 2.33. The van der Waals surface area contributed by atoms with Crippen molar-refractivity contribution in [2.75, 3.05) is 0 Å². The molecular formula is C24H22ClFO. The van der Waals surface area contributed by atoms with Crippen molar-refractivity contribution < 1.29 is 9.13 Å². The van der Waals surface area contributed by atoms with E-state index in [0.717, 1.165) is 22.6 Å². The lowest BCUT2D eigenvalue weighted by atomic mass is 9.83. The minimum atomic E-state index is -0.694. The van der Waals surface area contributed by atoms with Crippen molar-refractivity contribution in [1.82, 2.24) is 0 Å². The maximum atomic E-state index is 14.8. The van der Waals surface area contributed by atoms with Crippen molar-refractivity contribution in [1.29, 1.82) is 0 Å². The molecule has 138 valence electrons. The molecule has 3 rings (SSSR count). The van der Waals surface area contributed by atoms with Gasteiger partial charge in [-0.15, -0.1) is 0 Å². The Morgan fingerprint density at radius 3 is 2.11 bits per heavy atom. The predicted molar refractivity (Wildman–Crippen MR) is 110 cm³/mol. The van der Waals surface area contributed by atoms with Crippen LogP contribution in [0.15, 0.2) is 90.8 Å². The van der Waals surface area contributed by atoms with E-state index < -0.39 is 5.41 Å². The lowest BCUT2D eigenvalue weighted by Gasteiger charge is -2.23. The molecule has 1 nitrogen and oxygen atoms in total. The normalized spacial score (nSPS) is 12.1. The van der Waals surface area contributed by atoms with Gasteiger partial charge in [-0.2, -0.15) is 0 Å². The molecule has 0 unspecified atom stereocenters. The SMILES string of the molecule is CC(C)(C(F)=CCc1ccc(Oc2ccccc2)cc1)c1ccc(Cl)cc1. The van der Waals surface area contributed by atoms with E-state index in [-0.39, 0.29) is 5.83 Å². The molecule has 0 atom stereocenters. The van der Waals surface area contributed by atoms with Crippen molar-refractivity contribution >= 4 is 11.6 Å². The van der Waals surface area contributed by atoms with Crippen LogP contribution in [0.1, 0.15) is 25.0 Å². The Morgan fingerprint density at radius 1 is 0.889 bits per heavy atom. The Morgan fingerprint density at radius 2 is 1.48 bits per heavy atom. The van der Waals surface area contributed by atoms with E-state index in [9.17, 15) is 4.39 Å². The molecule has 0 aromatic heterocycles. The minimum absolute atomic E-state index is 0.158. The van der Waals surface area contributed by atoms with Crippen LogP contribution in [-0.2, 0) is 11.8 Å². The Hall–Kier alpha value is -2.58. The third kappa shape index (κ3) is 4.99. The van der Waals surface area contributed by atoms with Crippen LogP contribution in [0.5, 0.6) is 11.5 Å². The molecule has 0 saturated carbocycles. The molecule has 0 bridgehead atoms. The van der Waals surface area contributed by atoms with Gasteiger partial charge in [0.15, 0.2) is 0 Å². The zero-order valence-electron chi connectivity index (χ0n) is 15.5. The van der Waals surface area contributed by atoms with Crippen LogP contribution in [0.3, 0.4) is 0 Å². The predicted octanol–water partition coefficient (Wildman–Crippen LogP) is 7.51. The molecule has 3 heteroatoms. The zero-order valence-corrected chi connectivity index (χ0v) is 16.2. The first-order chi connectivity index (χ1) is 12.9. The van der Waals surface area contributed by atoms with Crippen LogP contribution in [0.4, 0.5) is 4.39 Å². The average molecular weight is 381 g/mol. The summed E-state index contributed by atoms with van der Waals surface area (Å²) in [5.41, 5.74) is 1.23. The number of hydrogen-bond acceptors (Lipinski definition) is 1. The number of ether oxygens (including phenoxy) is 1. The molecule has 0 N–H and O–H groups in total. The fourth-order valence-electron chi connectivity index (χ4n) is 2.79. The molecule has 0 spiro atoms. The number of rotatable bonds is 6. The summed E-state index contributed by atoms with van der Waals surface area (Å²) in [6.45, 7) is 3.75. The van der Waals surface area contributed by atoms with Gasteiger partial charge in [0.25, 0.3) is 0 Å². The minimum Gasteiger partial charge on any atom is -0.457 e. The Balaban J connectivity index is 1.66. The number of benzene rings is 3. The van der Waals surface area contributed by atoms with E-state index in [0.29, 0.717) is 11.4 Å². The van der Waals surface area contributed by atoms with Crippen molar-refractivity contribution in [3.63, 3.8) is 0 Å². The van der Waals surface area contributed by atoms with Crippen LogP contribution >= 0.6 is 11.6 Å². The third-order valence-electron chi connectivity index (χ3n) is 4.58. The monoisotopic (exact) mass is 380 g/mol. The second-order valence-electron chi connectivity index (χ2n) is 6.95. The van der Waals surface area contributed by atoms with Crippen LogP contribution in [0.25, 0.3) is 0 Å². The molecular weight excluding hydrogens is 359 g/mol. The van der Waals surface area contributed by atoms with Gasteiger partial charge in [-0.3, -0.25) is 0 Å². The first-order valence-electron chi connectivity index (χ1n) is 8.89. The summed E-state index contributed by atoms with van der Waals surface area (Å²) in [5.74, 6) is 1.39. The molecule has 0 aliphatic heterocycles. The smallest absolute Gasteiger partial charge is 0.127 e. The molecule has 3 aromatic rings. The van der Waals surface area contributed by atoms with E-state index in [1.54, 1.807) is 18.2 Å². The van der Waals surface area contributed by atoms with E-state index >= 15 is 0 Å². The van der Waals surface area contributed by atoms with Gasteiger partial charge in [0.2, 0.25) is 0 Å². The molecule has 0 radical (unpaired) electrons. The molecule has 0 amide bonds. The van der Waals surface area contributed by atoms with Gasteiger partial charge in [-0.25, -0.2) is 4.39 Å². The van der Waals surface area contributed by atoms with Crippen LogP contribution < -0.4 is 4.74 Å². The van der Waals surface area contributed by atoms with Gasteiger partial charge in [-0.05, 0) is 73.9 Å². The number of allylic oxidation sites excluding steroid dienone is 2. The van der Waals surface area contributed by atoms with Gasteiger partial charge in [0, 0.05) is 10.4 Å². The van der Waals surface area contributed by atoms with Crippen molar-refractivity contribution in [2.24, 2.45) is 0 Å². The Kier molecular flexibility index (Phi) is 5.98. The second kappa shape index (κ2) is 8.41. The van der Waals surface area contributed by atoms with Gasteiger partial charge >= 0.3 is 0 Å². The van der Waals surface area contributed by atoms with E-state index in [2.05, 4.69) is 0 Å². The zero-order chi connectivity index (χ0) is 19.3. The molecule has 0 fully saturated rings. The molecule has 3 aromatic carbocycles. The first kappa shape index (κ1) is 19.2. The second-order valence-corrected chi connectivity index (χ2v) is 7.38. The molecule has 0 heterocycles. The van der Waals surface area contributed by atoms with Gasteiger partial charge in [0.05, 0.1) is 0 Å². The molecule has 0 saturated heterocycles. The summed E-state index contributed by atoms with van der Waals surface area (Å²) >= 11 is 5.93. The summed E-state index contributed by atoms with van der Waals surface area (Å²) in [6.07, 6.45) is 2.16. The maximum absolute atomic E-state index is 14.8.